The Morgan fingerprint density at radius 3 is 2.07 bits per heavy atom. The molecular weight excluding hydrogens is 204 g/mol. The molecule has 0 saturated carbocycles. The molecule has 0 fully saturated rings. The van der Waals surface area contributed by atoms with Gasteiger partial charge < -0.3 is 20.7 Å². The van der Waals surface area contributed by atoms with E-state index < -0.39 is 18.0 Å². The predicted molar refractivity (Wildman–Crippen MR) is 50.4 cm³/mol. The van der Waals surface area contributed by atoms with E-state index in [0.29, 0.717) is 6.29 Å². The zero-order valence-electron chi connectivity index (χ0n) is 8.13. The number of rotatable bonds is 8. The maximum Gasteiger partial charge on any atom is 0.317 e. The lowest BCUT2D eigenvalue weighted by Gasteiger charge is -2.18. The molecule has 0 amide bonds. The van der Waals surface area contributed by atoms with Crippen LogP contribution >= 0.6 is 0 Å². The highest BCUT2D eigenvalue weighted by molar-refractivity contribution is 5.72. The zero-order chi connectivity index (χ0) is 11.8. The molecule has 0 bridgehead atoms. The summed E-state index contributed by atoms with van der Waals surface area (Å²) in [6, 6.07) is -0.685. The quantitative estimate of drug-likeness (QED) is 0.418. The summed E-state index contributed by atoms with van der Waals surface area (Å²) >= 11 is 0. The summed E-state index contributed by atoms with van der Waals surface area (Å²) in [6.07, 6.45) is 0.782. The van der Waals surface area contributed by atoms with Gasteiger partial charge in [0.25, 0.3) is 0 Å². The molecular formula is C8H14N2O5. The molecule has 0 unspecified atom stereocenters. The van der Waals surface area contributed by atoms with Gasteiger partial charge in [-0.3, -0.25) is 14.5 Å². The van der Waals surface area contributed by atoms with Crippen LogP contribution in [0.15, 0.2) is 0 Å². The fourth-order valence-electron chi connectivity index (χ4n) is 0.996. The van der Waals surface area contributed by atoms with Crippen molar-refractivity contribution in [2.75, 3.05) is 19.6 Å². The van der Waals surface area contributed by atoms with E-state index in [9.17, 15) is 14.4 Å². The zero-order valence-corrected chi connectivity index (χ0v) is 8.13. The van der Waals surface area contributed by atoms with Gasteiger partial charge in [-0.2, -0.15) is 0 Å². The number of carbonyl (C=O) groups excluding carboxylic acids is 1. The van der Waals surface area contributed by atoms with Crippen molar-refractivity contribution in [3.63, 3.8) is 0 Å². The number of hydrogen-bond acceptors (Lipinski definition) is 5. The van der Waals surface area contributed by atoms with Gasteiger partial charge in [0.05, 0.1) is 19.1 Å². The molecule has 7 heteroatoms. The molecule has 0 aromatic carbocycles. The van der Waals surface area contributed by atoms with Crippen molar-refractivity contribution < 1.29 is 24.6 Å². The normalized spacial score (nSPS) is 12.4. The number of aldehydes is 1. The monoisotopic (exact) mass is 218 g/mol. The molecule has 0 saturated heterocycles. The molecule has 15 heavy (non-hydrogen) atoms. The van der Waals surface area contributed by atoms with Gasteiger partial charge in [-0.25, -0.2) is 0 Å². The fraction of sp³-hybridized carbons (Fsp3) is 0.625. The number of nitrogens with zero attached hydrogens (tertiary/aromatic N) is 1. The third kappa shape index (κ3) is 7.59. The molecule has 7 nitrogen and oxygen atoms in total. The minimum Gasteiger partial charge on any atom is -0.480 e. The smallest absolute Gasteiger partial charge is 0.317 e. The summed E-state index contributed by atoms with van der Waals surface area (Å²) in [5.41, 5.74) is 5.29. The van der Waals surface area contributed by atoms with E-state index in [-0.39, 0.29) is 26.1 Å². The summed E-state index contributed by atoms with van der Waals surface area (Å²) in [6.45, 7) is -0.589. The van der Waals surface area contributed by atoms with Crippen LogP contribution in [0.1, 0.15) is 6.42 Å². The molecule has 0 aliphatic rings. The Morgan fingerprint density at radius 2 is 1.73 bits per heavy atom. The van der Waals surface area contributed by atoms with Crippen molar-refractivity contribution in [2.24, 2.45) is 5.73 Å². The molecule has 86 valence electrons. The van der Waals surface area contributed by atoms with E-state index in [1.165, 1.54) is 4.90 Å². The summed E-state index contributed by atoms with van der Waals surface area (Å²) < 4.78 is 0. The summed E-state index contributed by atoms with van der Waals surface area (Å²) in [4.78, 5) is 32.1. The summed E-state index contributed by atoms with van der Waals surface area (Å²) in [7, 11) is 0. The lowest BCUT2D eigenvalue weighted by atomic mass is 10.2. The summed E-state index contributed by atoms with van der Waals surface area (Å²) in [5.74, 6) is -2.23. The third-order valence-corrected chi connectivity index (χ3v) is 1.67. The molecule has 0 aromatic heterocycles. The number of hydrogen-bond donors (Lipinski definition) is 3. The SMILES string of the molecule is N[C@@H](C=O)CCN(CC(=O)O)CC(=O)O. The van der Waals surface area contributed by atoms with Gasteiger partial charge in [-0.05, 0) is 6.42 Å². The number of nitrogens with two attached hydrogens (primary N) is 1. The van der Waals surface area contributed by atoms with E-state index in [4.69, 9.17) is 15.9 Å². The first-order valence-electron chi connectivity index (χ1n) is 4.32. The highest BCUT2D eigenvalue weighted by Gasteiger charge is 2.14. The number of carbonyl (C=O) groups is 3. The van der Waals surface area contributed by atoms with Gasteiger partial charge >= 0.3 is 11.9 Å². The highest BCUT2D eigenvalue weighted by atomic mass is 16.4. The van der Waals surface area contributed by atoms with E-state index in [2.05, 4.69) is 0 Å². The average molecular weight is 218 g/mol. The van der Waals surface area contributed by atoms with Gasteiger partial charge in [0.1, 0.15) is 6.29 Å². The Balaban J connectivity index is 4.05. The van der Waals surface area contributed by atoms with Crippen LogP contribution in [0.5, 0.6) is 0 Å². The molecule has 0 rings (SSSR count). The van der Waals surface area contributed by atoms with Gasteiger partial charge in [0.15, 0.2) is 0 Å². The average Bonchev–Trinajstić information content (AvgIpc) is 2.11. The Kier molecular flexibility index (Phi) is 6.23. The van der Waals surface area contributed by atoms with Crippen LogP contribution in [-0.2, 0) is 14.4 Å². The standard InChI is InChI=1S/C8H14N2O5/c9-6(5-11)1-2-10(3-7(12)13)4-8(14)15/h5-6H,1-4,9H2,(H,12,13)(H,14,15)/t6-/m1/s1. The molecule has 0 aliphatic carbocycles. The van der Waals surface area contributed by atoms with E-state index >= 15 is 0 Å². The van der Waals surface area contributed by atoms with Gasteiger partial charge in [0.2, 0.25) is 0 Å². The van der Waals surface area contributed by atoms with Crippen LogP contribution in [0.3, 0.4) is 0 Å². The topological polar surface area (TPSA) is 121 Å². The van der Waals surface area contributed by atoms with Crippen LogP contribution in [0.25, 0.3) is 0 Å². The third-order valence-electron chi connectivity index (χ3n) is 1.67. The van der Waals surface area contributed by atoms with Crippen LogP contribution < -0.4 is 5.73 Å². The fourth-order valence-corrected chi connectivity index (χ4v) is 0.996. The van der Waals surface area contributed by atoms with Crippen molar-refractivity contribution in [3.8, 4) is 0 Å². The Hall–Kier alpha value is -1.47. The van der Waals surface area contributed by atoms with Gasteiger partial charge in [-0.15, -0.1) is 0 Å². The Labute approximate surface area is 86.5 Å². The van der Waals surface area contributed by atoms with Gasteiger partial charge in [-0.1, -0.05) is 0 Å². The Bertz CT molecular complexity index is 227. The minimum atomic E-state index is -1.11. The first-order valence-corrected chi connectivity index (χ1v) is 4.32. The molecule has 0 heterocycles. The van der Waals surface area contributed by atoms with Crippen LogP contribution in [0.2, 0.25) is 0 Å². The second kappa shape index (κ2) is 6.91. The maximum atomic E-state index is 10.4. The molecule has 0 radical (unpaired) electrons. The molecule has 1 atom stereocenters. The lowest BCUT2D eigenvalue weighted by molar-refractivity contribution is -0.141. The van der Waals surface area contributed by atoms with Crippen molar-refractivity contribution in [3.05, 3.63) is 0 Å². The molecule has 0 spiro atoms. The van der Waals surface area contributed by atoms with E-state index in [1.54, 1.807) is 0 Å². The van der Waals surface area contributed by atoms with Crippen molar-refractivity contribution >= 4 is 18.2 Å². The van der Waals surface area contributed by atoms with Crippen molar-refractivity contribution in [1.29, 1.82) is 0 Å². The lowest BCUT2D eigenvalue weighted by Crippen LogP contribution is -2.38. The second-order valence-corrected chi connectivity index (χ2v) is 3.09. The highest BCUT2D eigenvalue weighted by Crippen LogP contribution is 1.93. The van der Waals surface area contributed by atoms with E-state index in [0.717, 1.165) is 0 Å². The second-order valence-electron chi connectivity index (χ2n) is 3.09. The first-order chi connectivity index (χ1) is 6.95. The van der Waals surface area contributed by atoms with Crippen LogP contribution in [0, 0.1) is 0 Å². The number of carboxylic acid groups (broad SMARTS) is 2. The number of aliphatic carboxylic acids is 2. The van der Waals surface area contributed by atoms with Crippen LogP contribution in [-0.4, -0.2) is 59.0 Å². The first kappa shape index (κ1) is 13.5. The van der Waals surface area contributed by atoms with Crippen molar-refractivity contribution in [1.82, 2.24) is 4.90 Å². The predicted octanol–water partition coefficient (Wildman–Crippen LogP) is -1.63. The largest absolute Gasteiger partial charge is 0.480 e. The Morgan fingerprint density at radius 1 is 1.27 bits per heavy atom. The van der Waals surface area contributed by atoms with Gasteiger partial charge in [0, 0.05) is 6.54 Å². The minimum absolute atomic E-state index is 0.165. The van der Waals surface area contributed by atoms with Crippen molar-refractivity contribution in [2.45, 2.75) is 12.5 Å². The maximum absolute atomic E-state index is 10.4. The molecule has 0 aliphatic heterocycles. The number of carboxylic acids is 2. The molecule has 4 N–H and O–H groups in total. The molecule has 0 aromatic rings. The summed E-state index contributed by atoms with van der Waals surface area (Å²) in [5, 5.41) is 17.0. The van der Waals surface area contributed by atoms with E-state index in [1.807, 2.05) is 0 Å². The van der Waals surface area contributed by atoms with Crippen LogP contribution in [0.4, 0.5) is 0 Å².